The van der Waals surface area contributed by atoms with Crippen LogP contribution >= 0.6 is 15.9 Å². The van der Waals surface area contributed by atoms with Gasteiger partial charge in [0.15, 0.2) is 0 Å². The molecule has 0 aliphatic carbocycles. The van der Waals surface area contributed by atoms with Gasteiger partial charge in [0.2, 0.25) is 5.91 Å². The van der Waals surface area contributed by atoms with Crippen molar-refractivity contribution in [2.24, 2.45) is 7.05 Å². The first kappa shape index (κ1) is 10.7. The lowest BCUT2D eigenvalue weighted by Crippen LogP contribution is -2.25. The summed E-state index contributed by atoms with van der Waals surface area (Å²) in [5.41, 5.74) is 2.94. The Morgan fingerprint density at radius 1 is 1.47 bits per heavy atom. The van der Waals surface area contributed by atoms with E-state index < -0.39 is 0 Å². The van der Waals surface area contributed by atoms with Gasteiger partial charge in [-0.3, -0.25) is 9.48 Å². The summed E-state index contributed by atoms with van der Waals surface area (Å²) < 4.78 is 1.82. The molecule has 15 heavy (non-hydrogen) atoms. The van der Waals surface area contributed by atoms with Crippen molar-refractivity contribution in [1.29, 1.82) is 0 Å². The molecule has 2 rings (SSSR count). The summed E-state index contributed by atoms with van der Waals surface area (Å²) in [6.07, 6.45) is 0.577. The first-order valence-electron chi connectivity index (χ1n) is 4.95. The molecule has 1 fully saturated rings. The summed E-state index contributed by atoms with van der Waals surface area (Å²) in [7, 11) is 1.90. The summed E-state index contributed by atoms with van der Waals surface area (Å²) in [6, 6.07) is 0. The molecule has 1 aromatic heterocycles. The number of amides is 1. The molecule has 82 valence electrons. The van der Waals surface area contributed by atoms with Crippen molar-refractivity contribution in [3.8, 4) is 0 Å². The van der Waals surface area contributed by atoms with E-state index in [0.29, 0.717) is 6.42 Å². The second-order valence-electron chi connectivity index (χ2n) is 3.95. The van der Waals surface area contributed by atoms with Crippen molar-refractivity contribution in [3.63, 3.8) is 0 Å². The molecule has 1 amide bonds. The largest absolute Gasteiger partial charge is 0.308 e. The van der Waals surface area contributed by atoms with Crippen LogP contribution in [0.15, 0.2) is 0 Å². The molecular weight excluding hydrogens is 258 g/mol. The van der Waals surface area contributed by atoms with Crippen LogP contribution < -0.4 is 4.90 Å². The Morgan fingerprint density at radius 2 is 2.13 bits per heavy atom. The monoisotopic (exact) mass is 271 g/mol. The van der Waals surface area contributed by atoms with Crippen molar-refractivity contribution < 1.29 is 4.79 Å². The van der Waals surface area contributed by atoms with E-state index in [9.17, 15) is 4.79 Å². The molecule has 1 aromatic rings. The standard InChI is InChI=1S/C10H14BrN3O/c1-6-10(7(2)13(3)12-6)14-5-8(11)4-9(14)15/h8H,4-5H2,1-3H3. The minimum absolute atomic E-state index is 0.177. The molecule has 0 spiro atoms. The van der Waals surface area contributed by atoms with Crippen LogP contribution in [0.1, 0.15) is 17.8 Å². The third kappa shape index (κ3) is 1.69. The van der Waals surface area contributed by atoms with Crippen LogP contribution in [-0.4, -0.2) is 27.1 Å². The number of nitrogens with zero attached hydrogens (tertiary/aromatic N) is 3. The summed E-state index contributed by atoms with van der Waals surface area (Å²) in [4.78, 5) is 13.9. The zero-order valence-corrected chi connectivity index (χ0v) is 10.7. The highest BCUT2D eigenvalue weighted by molar-refractivity contribution is 9.09. The van der Waals surface area contributed by atoms with E-state index in [-0.39, 0.29) is 10.7 Å². The van der Waals surface area contributed by atoms with Gasteiger partial charge in [0, 0.05) is 24.8 Å². The molecule has 0 aromatic carbocycles. The fourth-order valence-corrected chi connectivity index (χ4v) is 2.60. The highest BCUT2D eigenvalue weighted by Gasteiger charge is 2.31. The van der Waals surface area contributed by atoms with E-state index in [1.54, 1.807) is 0 Å². The average Bonchev–Trinajstić information content (AvgIpc) is 2.56. The Morgan fingerprint density at radius 3 is 2.53 bits per heavy atom. The van der Waals surface area contributed by atoms with Crippen LogP contribution in [0, 0.1) is 13.8 Å². The molecule has 1 aliphatic heterocycles. The predicted octanol–water partition coefficient (Wildman–Crippen LogP) is 1.54. The third-order valence-electron chi connectivity index (χ3n) is 2.82. The van der Waals surface area contributed by atoms with Gasteiger partial charge in [-0.05, 0) is 13.8 Å². The number of hydrogen-bond acceptors (Lipinski definition) is 2. The Balaban J connectivity index is 2.41. The molecule has 1 saturated heterocycles. The van der Waals surface area contributed by atoms with Crippen LogP contribution in [0.5, 0.6) is 0 Å². The number of alkyl halides is 1. The van der Waals surface area contributed by atoms with Gasteiger partial charge in [-0.2, -0.15) is 5.10 Å². The molecule has 0 N–H and O–H groups in total. The second kappa shape index (κ2) is 3.63. The number of rotatable bonds is 1. The number of carbonyl (C=O) groups is 1. The maximum Gasteiger partial charge on any atom is 0.228 e. The highest BCUT2D eigenvalue weighted by Crippen LogP contribution is 2.30. The second-order valence-corrected chi connectivity index (χ2v) is 5.24. The molecule has 1 aliphatic rings. The molecule has 0 bridgehead atoms. The maximum atomic E-state index is 11.8. The smallest absolute Gasteiger partial charge is 0.228 e. The molecule has 1 unspecified atom stereocenters. The zero-order chi connectivity index (χ0) is 11.2. The Bertz CT molecular complexity index is 413. The van der Waals surface area contributed by atoms with E-state index in [1.165, 1.54) is 0 Å². The van der Waals surface area contributed by atoms with E-state index in [0.717, 1.165) is 23.6 Å². The first-order valence-corrected chi connectivity index (χ1v) is 5.87. The zero-order valence-electron chi connectivity index (χ0n) is 9.12. The van der Waals surface area contributed by atoms with Gasteiger partial charge in [0.25, 0.3) is 0 Å². The quantitative estimate of drug-likeness (QED) is 0.727. The summed E-state index contributed by atoms with van der Waals surface area (Å²) >= 11 is 3.48. The van der Waals surface area contributed by atoms with E-state index in [2.05, 4.69) is 21.0 Å². The van der Waals surface area contributed by atoms with E-state index in [4.69, 9.17) is 0 Å². The van der Waals surface area contributed by atoms with Gasteiger partial charge < -0.3 is 4.90 Å². The number of aryl methyl sites for hydroxylation is 2. The van der Waals surface area contributed by atoms with Crippen LogP contribution in [0.3, 0.4) is 0 Å². The van der Waals surface area contributed by atoms with Gasteiger partial charge in [-0.15, -0.1) is 0 Å². The number of halogens is 1. The van der Waals surface area contributed by atoms with Crippen LogP contribution in [0.4, 0.5) is 5.69 Å². The van der Waals surface area contributed by atoms with Crippen molar-refractivity contribution in [2.45, 2.75) is 25.1 Å². The molecule has 4 nitrogen and oxygen atoms in total. The molecule has 1 atom stereocenters. The van der Waals surface area contributed by atoms with Crippen molar-refractivity contribution in [3.05, 3.63) is 11.4 Å². The Kier molecular flexibility index (Phi) is 2.58. The Hall–Kier alpha value is -0.840. The maximum absolute atomic E-state index is 11.8. The molecule has 2 heterocycles. The predicted molar refractivity (Wildman–Crippen MR) is 62.4 cm³/mol. The summed E-state index contributed by atoms with van der Waals surface area (Å²) in [5, 5.41) is 4.32. The molecule has 0 radical (unpaired) electrons. The van der Waals surface area contributed by atoms with Gasteiger partial charge in [-0.1, -0.05) is 15.9 Å². The first-order chi connectivity index (χ1) is 7.00. The fourth-order valence-electron chi connectivity index (χ4n) is 2.03. The minimum atomic E-state index is 0.177. The SMILES string of the molecule is Cc1nn(C)c(C)c1N1CC(Br)CC1=O. The fraction of sp³-hybridized carbons (Fsp3) is 0.600. The summed E-state index contributed by atoms with van der Waals surface area (Å²) in [6.45, 7) is 4.67. The number of carbonyl (C=O) groups excluding carboxylic acids is 1. The average molecular weight is 272 g/mol. The van der Waals surface area contributed by atoms with Crippen molar-refractivity contribution in [2.75, 3.05) is 11.4 Å². The van der Waals surface area contributed by atoms with Gasteiger partial charge in [0.05, 0.1) is 17.1 Å². The number of aromatic nitrogens is 2. The lowest BCUT2D eigenvalue weighted by atomic mass is 10.3. The topological polar surface area (TPSA) is 38.1 Å². The van der Waals surface area contributed by atoms with Gasteiger partial charge in [-0.25, -0.2) is 0 Å². The number of hydrogen-bond donors (Lipinski definition) is 0. The van der Waals surface area contributed by atoms with Crippen molar-refractivity contribution in [1.82, 2.24) is 9.78 Å². The van der Waals surface area contributed by atoms with Gasteiger partial charge >= 0.3 is 0 Å². The van der Waals surface area contributed by atoms with Crippen LogP contribution in [0.25, 0.3) is 0 Å². The highest BCUT2D eigenvalue weighted by atomic mass is 79.9. The van der Waals surface area contributed by atoms with E-state index in [1.807, 2.05) is 30.5 Å². The normalized spacial score (nSPS) is 21.5. The lowest BCUT2D eigenvalue weighted by molar-refractivity contribution is -0.117. The van der Waals surface area contributed by atoms with E-state index >= 15 is 0 Å². The van der Waals surface area contributed by atoms with Crippen molar-refractivity contribution >= 4 is 27.5 Å². The van der Waals surface area contributed by atoms with Crippen LogP contribution in [-0.2, 0) is 11.8 Å². The number of anilines is 1. The molecule has 0 saturated carbocycles. The van der Waals surface area contributed by atoms with Gasteiger partial charge in [0.1, 0.15) is 0 Å². The summed E-state index contributed by atoms with van der Waals surface area (Å²) in [5.74, 6) is 0.177. The molecular formula is C10H14BrN3O. The minimum Gasteiger partial charge on any atom is -0.308 e. The van der Waals surface area contributed by atoms with Crippen LogP contribution in [0.2, 0.25) is 0 Å². The third-order valence-corrected chi connectivity index (χ3v) is 3.43. The molecule has 5 heteroatoms. The lowest BCUT2D eigenvalue weighted by Gasteiger charge is -2.16. The Labute approximate surface area is 97.4 Å².